The van der Waals surface area contributed by atoms with Crippen LogP contribution in [0, 0.1) is 0 Å². The number of methoxy groups -OCH3 is 1. The van der Waals surface area contributed by atoms with Gasteiger partial charge < -0.3 is 14.6 Å². The first kappa shape index (κ1) is 25.2. The van der Waals surface area contributed by atoms with E-state index in [1.165, 1.54) is 24.3 Å². The summed E-state index contributed by atoms with van der Waals surface area (Å²) in [5.41, 5.74) is 4.60. The summed E-state index contributed by atoms with van der Waals surface area (Å²) in [6, 6.07) is 13.2. The van der Waals surface area contributed by atoms with E-state index >= 15 is 0 Å². The molecule has 2 unspecified atom stereocenters. The van der Waals surface area contributed by atoms with Crippen molar-refractivity contribution < 1.29 is 32.1 Å². The highest BCUT2D eigenvalue weighted by Gasteiger charge is 2.38. The third kappa shape index (κ3) is 7.03. The van der Waals surface area contributed by atoms with Crippen molar-refractivity contribution in [3.63, 3.8) is 0 Å². The number of ether oxygens (including phenoxy) is 1. The Labute approximate surface area is 194 Å². The SMILES string of the molecule is COc1ccc(CONC(C)CC(C)NC(=O)c2ccc(-c3noc(C(F)(F)F)n3)cc2)cc1. The molecule has 1 aromatic heterocycles. The predicted octanol–water partition coefficient (Wildman–Crippen LogP) is 4.38. The Hall–Kier alpha value is -3.44. The van der Waals surface area contributed by atoms with Crippen molar-refractivity contribution in [2.75, 3.05) is 7.11 Å². The topological polar surface area (TPSA) is 98.5 Å². The van der Waals surface area contributed by atoms with Crippen LogP contribution in [0.5, 0.6) is 5.75 Å². The van der Waals surface area contributed by atoms with Crippen molar-refractivity contribution >= 4 is 5.91 Å². The normalized spacial score (nSPS) is 13.4. The lowest BCUT2D eigenvalue weighted by atomic mass is 10.1. The van der Waals surface area contributed by atoms with Crippen molar-refractivity contribution in [1.82, 2.24) is 20.9 Å². The van der Waals surface area contributed by atoms with Gasteiger partial charge in [-0.25, -0.2) is 0 Å². The van der Waals surface area contributed by atoms with E-state index in [0.29, 0.717) is 24.2 Å². The van der Waals surface area contributed by atoms with Gasteiger partial charge in [0.25, 0.3) is 5.91 Å². The number of alkyl halides is 3. The van der Waals surface area contributed by atoms with Crippen LogP contribution in [-0.4, -0.2) is 35.2 Å². The highest BCUT2D eigenvalue weighted by molar-refractivity contribution is 5.94. The largest absolute Gasteiger partial charge is 0.497 e. The maximum Gasteiger partial charge on any atom is 0.471 e. The summed E-state index contributed by atoms with van der Waals surface area (Å²) < 4.78 is 47.2. The number of halogens is 3. The van der Waals surface area contributed by atoms with Gasteiger partial charge in [-0.15, -0.1) is 0 Å². The zero-order valence-electron chi connectivity index (χ0n) is 18.8. The average Bonchev–Trinajstić information content (AvgIpc) is 3.30. The fourth-order valence-corrected chi connectivity index (χ4v) is 3.16. The average molecular weight is 478 g/mol. The molecule has 1 amide bonds. The van der Waals surface area contributed by atoms with Crippen LogP contribution in [-0.2, 0) is 17.6 Å². The molecule has 8 nitrogen and oxygen atoms in total. The first-order valence-corrected chi connectivity index (χ1v) is 10.5. The van der Waals surface area contributed by atoms with Crippen molar-refractivity contribution in [3.05, 3.63) is 65.5 Å². The van der Waals surface area contributed by atoms with Crippen LogP contribution in [0.25, 0.3) is 11.4 Å². The summed E-state index contributed by atoms with van der Waals surface area (Å²) in [6.45, 7) is 4.18. The Morgan fingerprint density at radius 2 is 1.74 bits per heavy atom. The molecule has 3 aromatic rings. The quantitative estimate of drug-likeness (QED) is 0.417. The molecule has 0 saturated carbocycles. The van der Waals surface area contributed by atoms with Gasteiger partial charge in [0, 0.05) is 23.2 Å². The van der Waals surface area contributed by atoms with Crippen molar-refractivity contribution in [2.24, 2.45) is 0 Å². The number of carbonyl (C=O) groups is 1. The Kier molecular flexibility index (Phi) is 8.24. The predicted molar refractivity (Wildman–Crippen MR) is 117 cm³/mol. The van der Waals surface area contributed by atoms with Gasteiger partial charge in [0.15, 0.2) is 0 Å². The van der Waals surface area contributed by atoms with Gasteiger partial charge >= 0.3 is 12.1 Å². The zero-order chi connectivity index (χ0) is 24.7. The summed E-state index contributed by atoms with van der Waals surface area (Å²) >= 11 is 0. The maximum absolute atomic E-state index is 12.6. The van der Waals surface area contributed by atoms with Crippen LogP contribution in [0.15, 0.2) is 53.1 Å². The number of nitrogens with zero attached hydrogens (tertiary/aromatic N) is 2. The molecule has 182 valence electrons. The van der Waals surface area contributed by atoms with Gasteiger partial charge in [-0.3, -0.25) is 9.63 Å². The number of nitrogens with one attached hydrogen (secondary N) is 2. The molecule has 34 heavy (non-hydrogen) atoms. The molecule has 0 aliphatic carbocycles. The number of benzene rings is 2. The molecule has 0 fully saturated rings. The number of rotatable bonds is 10. The van der Waals surface area contributed by atoms with E-state index in [9.17, 15) is 18.0 Å². The highest BCUT2D eigenvalue weighted by Crippen LogP contribution is 2.29. The third-order valence-corrected chi connectivity index (χ3v) is 4.84. The maximum atomic E-state index is 12.6. The van der Waals surface area contributed by atoms with Crippen LogP contribution < -0.4 is 15.5 Å². The molecule has 0 aliphatic rings. The minimum Gasteiger partial charge on any atom is -0.497 e. The number of hydrogen-bond acceptors (Lipinski definition) is 7. The molecule has 2 aromatic carbocycles. The summed E-state index contributed by atoms with van der Waals surface area (Å²) in [5.74, 6) is -1.17. The Morgan fingerprint density at radius 1 is 1.06 bits per heavy atom. The van der Waals surface area contributed by atoms with Crippen LogP contribution in [0.3, 0.4) is 0 Å². The van der Waals surface area contributed by atoms with Gasteiger partial charge in [-0.1, -0.05) is 29.4 Å². The molecule has 1 heterocycles. The van der Waals surface area contributed by atoms with E-state index in [1.54, 1.807) is 7.11 Å². The second kappa shape index (κ2) is 11.1. The number of hydroxylamine groups is 1. The minimum atomic E-state index is -4.71. The Balaban J connectivity index is 1.44. The van der Waals surface area contributed by atoms with E-state index in [-0.39, 0.29) is 23.8 Å². The molecule has 3 rings (SSSR count). The minimum absolute atomic E-state index is 0.0306. The van der Waals surface area contributed by atoms with Crippen LogP contribution >= 0.6 is 0 Å². The van der Waals surface area contributed by atoms with Crippen molar-refractivity contribution in [3.8, 4) is 17.1 Å². The molecular weight excluding hydrogens is 453 g/mol. The molecular formula is C23H25F3N4O4. The van der Waals surface area contributed by atoms with Crippen LogP contribution in [0.4, 0.5) is 13.2 Å². The molecule has 0 spiro atoms. The monoisotopic (exact) mass is 478 g/mol. The first-order valence-electron chi connectivity index (χ1n) is 10.5. The lowest BCUT2D eigenvalue weighted by Gasteiger charge is -2.19. The molecule has 2 N–H and O–H groups in total. The summed E-state index contributed by atoms with van der Waals surface area (Å²) in [7, 11) is 1.61. The second-order valence-corrected chi connectivity index (χ2v) is 7.76. The highest BCUT2D eigenvalue weighted by atomic mass is 19.4. The molecule has 11 heteroatoms. The molecule has 2 atom stereocenters. The van der Waals surface area contributed by atoms with Crippen molar-refractivity contribution in [1.29, 1.82) is 0 Å². The fraction of sp³-hybridized carbons (Fsp3) is 0.348. The Morgan fingerprint density at radius 3 is 2.32 bits per heavy atom. The van der Waals surface area contributed by atoms with E-state index < -0.39 is 12.1 Å². The second-order valence-electron chi connectivity index (χ2n) is 7.76. The van der Waals surface area contributed by atoms with Crippen molar-refractivity contribution in [2.45, 2.75) is 45.1 Å². The standard InChI is InChI=1S/C23H25F3N4O4/c1-14(12-15(2)29-33-13-16-4-10-19(32-3)11-5-16)27-21(31)18-8-6-17(7-9-18)20-28-22(34-30-20)23(24,25)26/h4-11,14-15,29H,12-13H2,1-3H3,(H,27,31). The van der Waals surface area contributed by atoms with E-state index in [4.69, 9.17) is 9.57 Å². The number of amides is 1. The zero-order valence-corrected chi connectivity index (χ0v) is 18.8. The third-order valence-electron chi connectivity index (χ3n) is 4.84. The van der Waals surface area contributed by atoms with E-state index in [0.717, 1.165) is 11.3 Å². The molecule has 0 saturated heterocycles. The van der Waals surface area contributed by atoms with Gasteiger partial charge in [0.05, 0.1) is 13.7 Å². The van der Waals surface area contributed by atoms with E-state index in [2.05, 4.69) is 25.5 Å². The fourth-order valence-electron chi connectivity index (χ4n) is 3.16. The summed E-state index contributed by atoms with van der Waals surface area (Å²) in [5, 5.41) is 6.21. The summed E-state index contributed by atoms with van der Waals surface area (Å²) in [4.78, 5) is 21.4. The Bertz CT molecular complexity index is 1070. The summed E-state index contributed by atoms with van der Waals surface area (Å²) in [6.07, 6.45) is -4.11. The van der Waals surface area contributed by atoms with Gasteiger partial charge in [-0.2, -0.15) is 23.6 Å². The first-order chi connectivity index (χ1) is 16.2. The molecule has 0 radical (unpaired) electrons. The lowest BCUT2D eigenvalue weighted by Crippen LogP contribution is -2.38. The smallest absolute Gasteiger partial charge is 0.471 e. The molecule has 0 aliphatic heterocycles. The number of hydrogen-bond donors (Lipinski definition) is 2. The van der Waals surface area contributed by atoms with Gasteiger partial charge in [-0.05, 0) is 50.1 Å². The van der Waals surface area contributed by atoms with Crippen LogP contribution in [0.2, 0.25) is 0 Å². The lowest BCUT2D eigenvalue weighted by molar-refractivity contribution is -0.159. The van der Waals surface area contributed by atoms with E-state index in [1.807, 2.05) is 38.1 Å². The van der Waals surface area contributed by atoms with Gasteiger partial charge in [0.1, 0.15) is 5.75 Å². The van der Waals surface area contributed by atoms with Crippen LogP contribution in [0.1, 0.15) is 42.1 Å². The number of carbonyl (C=O) groups excluding carboxylic acids is 1. The molecule has 0 bridgehead atoms. The van der Waals surface area contributed by atoms with Gasteiger partial charge in [0.2, 0.25) is 5.82 Å². The number of aromatic nitrogens is 2.